The molecule has 0 radical (unpaired) electrons. The molecular formula is C3H12Cl2N2. The number of halogens is 2. The fourth-order valence-corrected chi connectivity index (χ4v) is 0. The first kappa shape index (κ1) is 15.6. The molecule has 48 valence electrons. The summed E-state index contributed by atoms with van der Waals surface area (Å²) >= 11 is 0. The lowest BCUT2D eigenvalue weighted by Gasteiger charge is -2.02. The van der Waals surface area contributed by atoms with Crippen molar-refractivity contribution in [2.24, 2.45) is 0 Å². The Balaban J connectivity index is -0.0000000800. The summed E-state index contributed by atoms with van der Waals surface area (Å²) in [6, 6.07) is 0. The number of hydrogen-bond acceptors (Lipinski definition) is 2. The molecule has 0 saturated heterocycles. The predicted octanol–water partition coefficient (Wildman–Crippen LogP) is 0.526. The number of hydrogen-bond donors (Lipinski definition) is 1. The first-order valence-electron chi connectivity index (χ1n) is 1.62. The molecule has 0 aromatic carbocycles. The van der Waals surface area contributed by atoms with Gasteiger partial charge in [0.2, 0.25) is 0 Å². The topological polar surface area (TPSA) is 15.3 Å². The molecule has 0 aromatic rings. The Bertz CT molecular complexity index is 24.9. The van der Waals surface area contributed by atoms with Gasteiger partial charge in [0.15, 0.2) is 0 Å². The Labute approximate surface area is 57.1 Å². The van der Waals surface area contributed by atoms with E-state index < -0.39 is 0 Å². The van der Waals surface area contributed by atoms with E-state index in [9.17, 15) is 0 Å². The predicted molar refractivity (Wildman–Crippen MR) is 37.2 cm³/mol. The van der Waals surface area contributed by atoms with Gasteiger partial charge in [-0.3, -0.25) is 10.4 Å². The standard InChI is InChI=1S/C3H10N2.2ClH/c1-4-5(2)3;;/h4H,1-3H3;2*1H. The molecule has 0 aromatic heterocycles. The number of nitrogens with zero attached hydrogens (tertiary/aromatic N) is 1. The van der Waals surface area contributed by atoms with Crippen LogP contribution in [0.3, 0.4) is 0 Å². The summed E-state index contributed by atoms with van der Waals surface area (Å²) in [5.41, 5.74) is 2.86. The second-order valence-corrected chi connectivity index (χ2v) is 1.12. The van der Waals surface area contributed by atoms with Crippen LogP contribution in [0.2, 0.25) is 0 Å². The average Bonchev–Trinajstić information content (AvgIpc) is 1.38. The first-order chi connectivity index (χ1) is 2.27. The Morgan fingerprint density at radius 1 is 1.14 bits per heavy atom. The Kier molecular flexibility index (Phi) is 21.7. The van der Waals surface area contributed by atoms with Crippen molar-refractivity contribution in [1.82, 2.24) is 10.4 Å². The molecule has 0 aliphatic carbocycles. The first-order valence-corrected chi connectivity index (χ1v) is 1.62. The second-order valence-electron chi connectivity index (χ2n) is 1.12. The zero-order valence-electron chi connectivity index (χ0n) is 4.76. The zero-order valence-corrected chi connectivity index (χ0v) is 6.40. The van der Waals surface area contributed by atoms with Gasteiger partial charge in [-0.05, 0) is 7.05 Å². The minimum Gasteiger partial charge on any atom is -0.259 e. The van der Waals surface area contributed by atoms with Gasteiger partial charge in [-0.25, -0.2) is 0 Å². The lowest BCUT2D eigenvalue weighted by Crippen LogP contribution is -2.25. The highest BCUT2D eigenvalue weighted by atomic mass is 35.5. The summed E-state index contributed by atoms with van der Waals surface area (Å²) in [6.07, 6.45) is 0. The average molecular weight is 147 g/mol. The highest BCUT2D eigenvalue weighted by Crippen LogP contribution is 1.49. The van der Waals surface area contributed by atoms with Gasteiger partial charge in [-0.15, -0.1) is 24.8 Å². The Morgan fingerprint density at radius 2 is 1.29 bits per heavy atom. The van der Waals surface area contributed by atoms with Crippen LogP contribution in [0.25, 0.3) is 0 Å². The van der Waals surface area contributed by atoms with E-state index in [2.05, 4.69) is 5.43 Å². The SMILES string of the molecule is CNN(C)C.Cl.Cl. The molecule has 0 aliphatic rings. The van der Waals surface area contributed by atoms with Crippen molar-refractivity contribution in [3.63, 3.8) is 0 Å². The van der Waals surface area contributed by atoms with Gasteiger partial charge in [-0.1, -0.05) is 0 Å². The summed E-state index contributed by atoms with van der Waals surface area (Å²) < 4.78 is 0. The van der Waals surface area contributed by atoms with Gasteiger partial charge in [0.25, 0.3) is 0 Å². The smallest absolute Gasteiger partial charge is 0.00128 e. The number of rotatable bonds is 1. The Morgan fingerprint density at radius 3 is 1.29 bits per heavy atom. The van der Waals surface area contributed by atoms with Gasteiger partial charge in [-0.2, -0.15) is 0 Å². The van der Waals surface area contributed by atoms with E-state index in [1.54, 1.807) is 0 Å². The van der Waals surface area contributed by atoms with Crippen LogP contribution in [0.1, 0.15) is 0 Å². The van der Waals surface area contributed by atoms with Gasteiger partial charge >= 0.3 is 0 Å². The van der Waals surface area contributed by atoms with Gasteiger partial charge in [0.05, 0.1) is 0 Å². The second kappa shape index (κ2) is 9.71. The van der Waals surface area contributed by atoms with Crippen LogP contribution in [0.15, 0.2) is 0 Å². The van der Waals surface area contributed by atoms with Crippen molar-refractivity contribution in [1.29, 1.82) is 0 Å². The summed E-state index contributed by atoms with van der Waals surface area (Å²) in [6.45, 7) is 0. The minimum atomic E-state index is 0. The maximum absolute atomic E-state index is 2.86. The van der Waals surface area contributed by atoms with E-state index in [-0.39, 0.29) is 24.8 Å². The molecule has 0 unspecified atom stereocenters. The molecule has 0 bridgehead atoms. The molecule has 0 saturated carbocycles. The van der Waals surface area contributed by atoms with Crippen molar-refractivity contribution in [3.8, 4) is 0 Å². The van der Waals surface area contributed by atoms with Gasteiger partial charge < -0.3 is 0 Å². The molecule has 0 fully saturated rings. The van der Waals surface area contributed by atoms with Crippen LogP contribution in [0, 0.1) is 0 Å². The normalized spacial score (nSPS) is 6.86. The fraction of sp³-hybridized carbons (Fsp3) is 1.00. The zero-order chi connectivity index (χ0) is 4.28. The van der Waals surface area contributed by atoms with Crippen molar-refractivity contribution < 1.29 is 0 Å². The summed E-state index contributed by atoms with van der Waals surface area (Å²) in [5.74, 6) is 0. The van der Waals surface area contributed by atoms with Crippen LogP contribution in [0.4, 0.5) is 0 Å². The third-order valence-electron chi connectivity index (χ3n) is 0.447. The molecule has 7 heavy (non-hydrogen) atoms. The van der Waals surface area contributed by atoms with E-state index in [4.69, 9.17) is 0 Å². The van der Waals surface area contributed by atoms with Crippen LogP contribution in [-0.4, -0.2) is 26.2 Å². The molecule has 0 atom stereocenters. The molecule has 0 heterocycles. The van der Waals surface area contributed by atoms with E-state index >= 15 is 0 Å². The van der Waals surface area contributed by atoms with E-state index in [0.29, 0.717) is 0 Å². The van der Waals surface area contributed by atoms with Crippen LogP contribution >= 0.6 is 24.8 Å². The maximum atomic E-state index is 2.86. The third kappa shape index (κ3) is 21.1. The van der Waals surface area contributed by atoms with Crippen LogP contribution < -0.4 is 5.43 Å². The molecular weight excluding hydrogens is 135 g/mol. The molecule has 0 aliphatic heterocycles. The van der Waals surface area contributed by atoms with Crippen LogP contribution in [-0.2, 0) is 0 Å². The Hall–Kier alpha value is 0.500. The van der Waals surface area contributed by atoms with E-state index in [1.807, 2.05) is 26.2 Å². The molecule has 1 N–H and O–H groups in total. The summed E-state index contributed by atoms with van der Waals surface area (Å²) in [7, 11) is 5.76. The van der Waals surface area contributed by atoms with E-state index in [1.165, 1.54) is 0 Å². The number of hydrazine groups is 1. The van der Waals surface area contributed by atoms with Crippen LogP contribution in [0.5, 0.6) is 0 Å². The maximum Gasteiger partial charge on any atom is 0.00128 e. The quantitative estimate of drug-likeness (QED) is 0.544. The third-order valence-corrected chi connectivity index (χ3v) is 0.447. The monoisotopic (exact) mass is 146 g/mol. The molecule has 0 rings (SSSR count). The van der Waals surface area contributed by atoms with Gasteiger partial charge in [0.1, 0.15) is 0 Å². The molecule has 0 spiro atoms. The van der Waals surface area contributed by atoms with Crippen molar-refractivity contribution in [2.75, 3.05) is 21.1 Å². The largest absolute Gasteiger partial charge is 0.259 e. The fourth-order valence-electron chi connectivity index (χ4n) is 0. The highest BCUT2D eigenvalue weighted by molar-refractivity contribution is 5.85. The number of nitrogens with one attached hydrogen (secondary N) is 1. The van der Waals surface area contributed by atoms with E-state index in [0.717, 1.165) is 0 Å². The summed E-state index contributed by atoms with van der Waals surface area (Å²) in [5, 5.41) is 1.88. The van der Waals surface area contributed by atoms with Crippen molar-refractivity contribution >= 4 is 24.8 Å². The molecule has 2 nitrogen and oxygen atoms in total. The van der Waals surface area contributed by atoms with Crippen molar-refractivity contribution in [2.45, 2.75) is 0 Å². The highest BCUT2D eigenvalue weighted by Gasteiger charge is 1.68. The lowest BCUT2D eigenvalue weighted by molar-refractivity contribution is 0.323. The van der Waals surface area contributed by atoms with Gasteiger partial charge in [0, 0.05) is 14.1 Å². The lowest BCUT2D eigenvalue weighted by atomic mass is 11.1. The summed E-state index contributed by atoms with van der Waals surface area (Å²) in [4.78, 5) is 0. The minimum absolute atomic E-state index is 0. The van der Waals surface area contributed by atoms with Crippen molar-refractivity contribution in [3.05, 3.63) is 0 Å². The molecule has 4 heteroatoms. The molecule has 0 amide bonds.